The highest BCUT2D eigenvalue weighted by atomic mass is 19.1. The minimum Gasteiger partial charge on any atom is -0.352 e. The van der Waals surface area contributed by atoms with Crippen LogP contribution in [-0.2, 0) is 10.2 Å². The van der Waals surface area contributed by atoms with E-state index < -0.39 is 17.0 Å². The number of benzene rings is 1. The topological polar surface area (TPSA) is 29.1 Å². The summed E-state index contributed by atoms with van der Waals surface area (Å²) in [6.07, 6.45) is 0.832. The molecule has 1 amide bonds. The van der Waals surface area contributed by atoms with Gasteiger partial charge in [0.2, 0.25) is 5.91 Å². The molecule has 0 radical (unpaired) electrons. The van der Waals surface area contributed by atoms with Crippen LogP contribution in [0.1, 0.15) is 39.2 Å². The van der Waals surface area contributed by atoms with Crippen molar-refractivity contribution in [2.45, 2.75) is 45.1 Å². The first-order chi connectivity index (χ1) is 8.84. The molecule has 0 aromatic heterocycles. The summed E-state index contributed by atoms with van der Waals surface area (Å²) < 4.78 is 28.0. The number of hydrogen-bond donors (Lipinski definition) is 1. The van der Waals surface area contributed by atoms with Gasteiger partial charge in [0.25, 0.3) is 0 Å². The van der Waals surface area contributed by atoms with E-state index in [0.717, 1.165) is 0 Å². The maximum absolute atomic E-state index is 14.0. The molecule has 1 saturated heterocycles. The summed E-state index contributed by atoms with van der Waals surface area (Å²) >= 11 is 0. The predicted molar refractivity (Wildman–Crippen MR) is 69.7 cm³/mol. The lowest BCUT2D eigenvalue weighted by molar-refractivity contribution is -0.119. The minimum atomic E-state index is -0.823. The molecule has 0 bridgehead atoms. The molecule has 104 valence electrons. The molecule has 1 aliphatic rings. The first kappa shape index (κ1) is 14.0. The molecule has 4 heteroatoms. The Labute approximate surface area is 112 Å². The predicted octanol–water partition coefficient (Wildman–Crippen LogP) is 3.16. The van der Waals surface area contributed by atoms with Crippen molar-refractivity contribution in [3.05, 3.63) is 35.4 Å². The van der Waals surface area contributed by atoms with Crippen molar-refractivity contribution in [1.29, 1.82) is 0 Å². The van der Waals surface area contributed by atoms with Crippen molar-refractivity contribution < 1.29 is 13.6 Å². The number of halogens is 2. The van der Waals surface area contributed by atoms with E-state index in [-0.39, 0.29) is 23.9 Å². The van der Waals surface area contributed by atoms with E-state index in [1.165, 1.54) is 18.2 Å². The Kier molecular flexibility index (Phi) is 3.61. The summed E-state index contributed by atoms with van der Waals surface area (Å²) in [6, 6.07) is 3.61. The van der Waals surface area contributed by atoms with E-state index in [2.05, 4.69) is 5.32 Å². The Morgan fingerprint density at radius 3 is 2.47 bits per heavy atom. The second-order valence-electron chi connectivity index (χ2n) is 5.94. The van der Waals surface area contributed by atoms with Gasteiger partial charge < -0.3 is 5.32 Å². The second-order valence-corrected chi connectivity index (χ2v) is 5.94. The van der Waals surface area contributed by atoms with Gasteiger partial charge in [0.1, 0.15) is 11.6 Å². The lowest BCUT2D eigenvalue weighted by Crippen LogP contribution is -2.40. The van der Waals surface area contributed by atoms with Crippen molar-refractivity contribution in [2.24, 2.45) is 5.92 Å². The van der Waals surface area contributed by atoms with Gasteiger partial charge in [-0.1, -0.05) is 26.8 Å². The fourth-order valence-electron chi connectivity index (χ4n) is 2.96. The SMILES string of the molecule is CC(C)CC1NC(=O)CC1(C)c1c(F)cccc1F. The van der Waals surface area contributed by atoms with Crippen molar-refractivity contribution in [1.82, 2.24) is 5.32 Å². The number of carbonyl (C=O) groups is 1. The van der Waals surface area contributed by atoms with Gasteiger partial charge in [-0.3, -0.25) is 4.79 Å². The smallest absolute Gasteiger partial charge is 0.221 e. The van der Waals surface area contributed by atoms with Crippen molar-refractivity contribution in [2.75, 3.05) is 0 Å². The largest absolute Gasteiger partial charge is 0.352 e. The Bertz CT molecular complexity index is 481. The Hall–Kier alpha value is -1.45. The van der Waals surface area contributed by atoms with Gasteiger partial charge in [-0.2, -0.15) is 0 Å². The first-order valence-corrected chi connectivity index (χ1v) is 6.58. The molecule has 1 N–H and O–H groups in total. The van der Waals surface area contributed by atoms with Crippen LogP contribution in [0.2, 0.25) is 0 Å². The molecule has 0 spiro atoms. The molecule has 1 aromatic rings. The lowest BCUT2D eigenvalue weighted by atomic mass is 9.73. The quantitative estimate of drug-likeness (QED) is 0.895. The third-order valence-corrected chi connectivity index (χ3v) is 3.87. The van der Waals surface area contributed by atoms with Crippen LogP contribution in [0, 0.1) is 17.6 Å². The molecule has 1 fully saturated rings. The van der Waals surface area contributed by atoms with E-state index in [4.69, 9.17) is 0 Å². The molecule has 0 saturated carbocycles. The number of hydrogen-bond acceptors (Lipinski definition) is 1. The molecule has 2 atom stereocenters. The maximum Gasteiger partial charge on any atom is 0.221 e. The maximum atomic E-state index is 14.0. The van der Waals surface area contributed by atoms with Gasteiger partial charge in [-0.05, 0) is 24.5 Å². The molecule has 2 unspecified atom stereocenters. The summed E-state index contributed by atoms with van der Waals surface area (Å²) in [4.78, 5) is 11.7. The van der Waals surface area contributed by atoms with Crippen LogP contribution in [0.4, 0.5) is 8.78 Å². The average molecular weight is 267 g/mol. The zero-order chi connectivity index (χ0) is 14.2. The van der Waals surface area contributed by atoms with Crippen LogP contribution >= 0.6 is 0 Å². The van der Waals surface area contributed by atoms with E-state index in [0.29, 0.717) is 12.3 Å². The number of rotatable bonds is 3. The van der Waals surface area contributed by atoms with Crippen molar-refractivity contribution in [3.8, 4) is 0 Å². The van der Waals surface area contributed by atoms with Crippen LogP contribution in [0.3, 0.4) is 0 Å². The third-order valence-electron chi connectivity index (χ3n) is 3.87. The fraction of sp³-hybridized carbons (Fsp3) is 0.533. The lowest BCUT2D eigenvalue weighted by Gasteiger charge is -2.32. The Balaban J connectivity index is 2.47. The van der Waals surface area contributed by atoms with Gasteiger partial charge in [-0.15, -0.1) is 0 Å². The van der Waals surface area contributed by atoms with E-state index in [9.17, 15) is 13.6 Å². The van der Waals surface area contributed by atoms with E-state index in [1.807, 2.05) is 13.8 Å². The number of nitrogens with one attached hydrogen (secondary N) is 1. The van der Waals surface area contributed by atoms with Gasteiger partial charge in [0, 0.05) is 23.4 Å². The summed E-state index contributed by atoms with van der Waals surface area (Å²) in [6.45, 7) is 5.82. The standard InChI is InChI=1S/C15H19F2NO/c1-9(2)7-12-15(3,8-13(19)18-12)14-10(16)5-4-6-11(14)17/h4-6,9,12H,7-8H2,1-3H3,(H,18,19). The van der Waals surface area contributed by atoms with Gasteiger partial charge in [-0.25, -0.2) is 8.78 Å². The van der Waals surface area contributed by atoms with Crippen LogP contribution in [-0.4, -0.2) is 11.9 Å². The van der Waals surface area contributed by atoms with Gasteiger partial charge in [0.05, 0.1) is 0 Å². The molecule has 1 aromatic carbocycles. The zero-order valence-corrected chi connectivity index (χ0v) is 11.5. The monoisotopic (exact) mass is 267 g/mol. The highest BCUT2D eigenvalue weighted by Crippen LogP contribution is 2.40. The number of amides is 1. The normalized spacial score (nSPS) is 26.8. The molecule has 1 heterocycles. The molecule has 19 heavy (non-hydrogen) atoms. The van der Waals surface area contributed by atoms with Gasteiger partial charge in [0.15, 0.2) is 0 Å². The Morgan fingerprint density at radius 1 is 1.37 bits per heavy atom. The second kappa shape index (κ2) is 4.91. The molecule has 2 nitrogen and oxygen atoms in total. The molecular weight excluding hydrogens is 248 g/mol. The molecule has 1 aliphatic heterocycles. The molecular formula is C15H19F2NO. The van der Waals surface area contributed by atoms with E-state index in [1.54, 1.807) is 6.92 Å². The fourth-order valence-corrected chi connectivity index (χ4v) is 2.96. The molecule has 2 rings (SSSR count). The third kappa shape index (κ3) is 2.48. The zero-order valence-electron chi connectivity index (χ0n) is 11.5. The van der Waals surface area contributed by atoms with Crippen LogP contribution < -0.4 is 5.32 Å². The van der Waals surface area contributed by atoms with Crippen molar-refractivity contribution >= 4 is 5.91 Å². The van der Waals surface area contributed by atoms with Gasteiger partial charge >= 0.3 is 0 Å². The Morgan fingerprint density at radius 2 is 1.95 bits per heavy atom. The van der Waals surface area contributed by atoms with Crippen LogP contribution in [0.25, 0.3) is 0 Å². The summed E-state index contributed by atoms with van der Waals surface area (Å²) in [5, 5.41) is 2.86. The summed E-state index contributed by atoms with van der Waals surface area (Å²) in [5.74, 6) is -0.950. The number of carbonyl (C=O) groups excluding carboxylic acids is 1. The van der Waals surface area contributed by atoms with Crippen LogP contribution in [0.15, 0.2) is 18.2 Å². The van der Waals surface area contributed by atoms with E-state index >= 15 is 0 Å². The average Bonchev–Trinajstić information content (AvgIpc) is 2.53. The summed E-state index contributed by atoms with van der Waals surface area (Å²) in [7, 11) is 0. The van der Waals surface area contributed by atoms with Crippen molar-refractivity contribution in [3.63, 3.8) is 0 Å². The highest BCUT2D eigenvalue weighted by Gasteiger charge is 2.47. The van der Waals surface area contributed by atoms with Crippen LogP contribution in [0.5, 0.6) is 0 Å². The minimum absolute atomic E-state index is 0.0269. The summed E-state index contributed by atoms with van der Waals surface area (Å²) in [5.41, 5.74) is -0.796. The molecule has 0 aliphatic carbocycles. The highest BCUT2D eigenvalue weighted by molar-refractivity contribution is 5.81. The first-order valence-electron chi connectivity index (χ1n) is 6.58.